The number of carbonyl (C=O) groups excluding carboxylic acids is 2. The molecular weight excluding hydrogens is 264 g/mol. The minimum atomic E-state index is -1.37. The van der Waals surface area contributed by atoms with Crippen molar-refractivity contribution in [2.24, 2.45) is 5.41 Å². The van der Waals surface area contributed by atoms with Crippen LogP contribution in [-0.4, -0.2) is 19.0 Å². The predicted molar refractivity (Wildman–Crippen MR) is 55.6 cm³/mol. The van der Waals surface area contributed by atoms with Crippen LogP contribution in [0.3, 0.4) is 0 Å². The Morgan fingerprint density at radius 1 is 1.87 bits per heavy atom. The van der Waals surface area contributed by atoms with E-state index in [2.05, 4.69) is 26.6 Å². The van der Waals surface area contributed by atoms with Gasteiger partial charge in [-0.05, 0) is 0 Å². The van der Waals surface area contributed by atoms with Gasteiger partial charge < -0.3 is 9.47 Å². The van der Waals surface area contributed by atoms with Crippen LogP contribution in [0.15, 0.2) is 10.7 Å². The van der Waals surface area contributed by atoms with Gasteiger partial charge in [-0.25, -0.2) is 0 Å². The normalized spacial score (nSPS) is 27.3. The Kier molecular flexibility index (Phi) is 3.53. The molecule has 1 fully saturated rings. The van der Waals surface area contributed by atoms with E-state index < -0.39 is 17.4 Å². The van der Waals surface area contributed by atoms with Crippen LogP contribution in [0.5, 0.6) is 0 Å². The number of halogens is 1. The van der Waals surface area contributed by atoms with Gasteiger partial charge in [-0.3, -0.25) is 9.59 Å². The lowest BCUT2D eigenvalue weighted by atomic mass is 9.83. The second-order valence-corrected chi connectivity index (χ2v) is 3.55. The fourth-order valence-corrected chi connectivity index (χ4v) is 1.67. The molecule has 1 atom stereocenters. The molecule has 0 radical (unpaired) electrons. The SMILES string of the molecule is C#CC[C@]1(C(=O)OC)C/C(=C\Br)OC1=O. The first-order valence-electron chi connectivity index (χ1n) is 4.14. The van der Waals surface area contributed by atoms with Crippen molar-refractivity contribution >= 4 is 27.9 Å². The van der Waals surface area contributed by atoms with Crippen LogP contribution in [0.2, 0.25) is 0 Å². The third-order valence-electron chi connectivity index (χ3n) is 2.19. The highest BCUT2D eigenvalue weighted by Gasteiger charge is 2.54. The Morgan fingerprint density at radius 3 is 2.93 bits per heavy atom. The molecule has 1 saturated heterocycles. The third kappa shape index (κ3) is 1.90. The summed E-state index contributed by atoms with van der Waals surface area (Å²) in [7, 11) is 1.21. The highest BCUT2D eigenvalue weighted by atomic mass is 79.9. The molecule has 0 saturated carbocycles. The maximum atomic E-state index is 11.6. The fraction of sp³-hybridized carbons (Fsp3) is 0.400. The van der Waals surface area contributed by atoms with Crippen molar-refractivity contribution in [3.8, 4) is 12.3 Å². The second kappa shape index (κ2) is 4.49. The zero-order chi connectivity index (χ0) is 11.5. The van der Waals surface area contributed by atoms with Crippen molar-refractivity contribution < 1.29 is 19.1 Å². The van der Waals surface area contributed by atoms with Gasteiger partial charge in [0.2, 0.25) is 0 Å². The van der Waals surface area contributed by atoms with E-state index in [1.54, 1.807) is 0 Å². The summed E-state index contributed by atoms with van der Waals surface area (Å²) in [6, 6.07) is 0. The van der Waals surface area contributed by atoms with Crippen LogP contribution in [0, 0.1) is 17.8 Å². The monoisotopic (exact) mass is 272 g/mol. The first-order valence-corrected chi connectivity index (χ1v) is 5.05. The Bertz CT molecular complexity index is 366. The average molecular weight is 273 g/mol. The Morgan fingerprint density at radius 2 is 2.53 bits per heavy atom. The van der Waals surface area contributed by atoms with Crippen molar-refractivity contribution in [3.05, 3.63) is 10.7 Å². The van der Waals surface area contributed by atoms with Gasteiger partial charge in [0.25, 0.3) is 0 Å². The van der Waals surface area contributed by atoms with Gasteiger partial charge in [-0.2, -0.15) is 0 Å². The first-order chi connectivity index (χ1) is 7.10. The van der Waals surface area contributed by atoms with E-state index in [1.807, 2.05) is 0 Å². The molecular formula is C10H9BrO4. The van der Waals surface area contributed by atoms with Crippen molar-refractivity contribution in [2.75, 3.05) is 7.11 Å². The van der Waals surface area contributed by atoms with Crippen LogP contribution in [0.1, 0.15) is 12.8 Å². The van der Waals surface area contributed by atoms with Gasteiger partial charge in [0, 0.05) is 17.8 Å². The first kappa shape index (κ1) is 11.8. The van der Waals surface area contributed by atoms with E-state index in [-0.39, 0.29) is 12.8 Å². The lowest BCUT2D eigenvalue weighted by Crippen LogP contribution is -2.36. The lowest BCUT2D eigenvalue weighted by molar-refractivity contribution is -0.162. The number of ether oxygens (including phenoxy) is 2. The number of terminal acetylenes is 1. The number of cyclic esters (lactones) is 1. The lowest BCUT2D eigenvalue weighted by Gasteiger charge is -2.17. The summed E-state index contributed by atoms with van der Waals surface area (Å²) in [5.74, 6) is 1.36. The molecule has 0 aliphatic carbocycles. The molecule has 4 nitrogen and oxygen atoms in total. The Balaban J connectivity index is 3.08. The maximum absolute atomic E-state index is 11.6. The van der Waals surface area contributed by atoms with E-state index in [0.29, 0.717) is 5.76 Å². The van der Waals surface area contributed by atoms with E-state index in [1.165, 1.54) is 12.1 Å². The molecule has 80 valence electrons. The molecule has 1 aliphatic heterocycles. The van der Waals surface area contributed by atoms with Crippen molar-refractivity contribution in [2.45, 2.75) is 12.8 Å². The molecule has 0 unspecified atom stereocenters. The highest BCUT2D eigenvalue weighted by Crippen LogP contribution is 2.40. The van der Waals surface area contributed by atoms with E-state index in [4.69, 9.17) is 11.2 Å². The van der Waals surface area contributed by atoms with Crippen LogP contribution in [0.25, 0.3) is 0 Å². The number of hydrogen-bond donors (Lipinski definition) is 0. The summed E-state index contributed by atoms with van der Waals surface area (Å²) in [6.45, 7) is 0. The van der Waals surface area contributed by atoms with Crippen LogP contribution < -0.4 is 0 Å². The number of esters is 2. The van der Waals surface area contributed by atoms with Crippen molar-refractivity contribution in [3.63, 3.8) is 0 Å². The Hall–Kier alpha value is -1.28. The van der Waals surface area contributed by atoms with Crippen molar-refractivity contribution in [1.29, 1.82) is 0 Å². The third-order valence-corrected chi connectivity index (χ3v) is 2.70. The highest BCUT2D eigenvalue weighted by molar-refractivity contribution is 9.11. The molecule has 1 heterocycles. The van der Waals surface area contributed by atoms with Gasteiger partial charge in [-0.1, -0.05) is 15.9 Å². The molecule has 0 aromatic heterocycles. The van der Waals surface area contributed by atoms with E-state index >= 15 is 0 Å². The second-order valence-electron chi connectivity index (χ2n) is 3.10. The molecule has 0 aromatic rings. The molecule has 0 aromatic carbocycles. The van der Waals surface area contributed by atoms with E-state index in [9.17, 15) is 9.59 Å². The molecule has 0 spiro atoms. The van der Waals surface area contributed by atoms with Crippen LogP contribution >= 0.6 is 15.9 Å². The standard InChI is InChI=1S/C10H9BrO4/c1-3-4-10(8(12)14-2)5-7(6-11)15-9(10)13/h1,6H,4-5H2,2H3/b7-6+/t10-/m1/s1. The van der Waals surface area contributed by atoms with Gasteiger partial charge in [0.05, 0.1) is 7.11 Å². The molecule has 0 bridgehead atoms. The summed E-state index contributed by atoms with van der Waals surface area (Å²) >= 11 is 3.03. The maximum Gasteiger partial charge on any atom is 0.330 e. The predicted octanol–water partition coefficient (Wildman–Crippen LogP) is 1.35. The minimum Gasteiger partial charge on any atom is -0.468 e. The zero-order valence-electron chi connectivity index (χ0n) is 8.08. The average Bonchev–Trinajstić information content (AvgIpc) is 2.56. The van der Waals surface area contributed by atoms with Crippen LogP contribution in [-0.2, 0) is 19.1 Å². The smallest absolute Gasteiger partial charge is 0.330 e. The molecule has 0 N–H and O–H groups in total. The van der Waals surface area contributed by atoms with E-state index in [0.717, 1.165) is 0 Å². The van der Waals surface area contributed by atoms with Gasteiger partial charge in [-0.15, -0.1) is 12.3 Å². The van der Waals surface area contributed by atoms with Crippen molar-refractivity contribution in [1.82, 2.24) is 0 Å². The topological polar surface area (TPSA) is 52.6 Å². The molecule has 1 rings (SSSR count). The number of methoxy groups -OCH3 is 1. The minimum absolute atomic E-state index is 0.0250. The van der Waals surface area contributed by atoms with Gasteiger partial charge in [0.1, 0.15) is 5.76 Å². The molecule has 15 heavy (non-hydrogen) atoms. The quantitative estimate of drug-likeness (QED) is 0.433. The van der Waals surface area contributed by atoms with Gasteiger partial charge >= 0.3 is 11.9 Å². The zero-order valence-corrected chi connectivity index (χ0v) is 9.67. The fourth-order valence-electron chi connectivity index (χ4n) is 1.42. The Labute approximate surface area is 95.7 Å². The summed E-state index contributed by atoms with van der Waals surface area (Å²) in [5, 5.41) is 0. The number of hydrogen-bond acceptors (Lipinski definition) is 4. The number of allylic oxidation sites excluding steroid dienone is 1. The van der Waals surface area contributed by atoms with Gasteiger partial charge in [0.15, 0.2) is 5.41 Å². The summed E-state index contributed by atoms with van der Waals surface area (Å²) in [6.07, 6.45) is 5.25. The number of rotatable bonds is 2. The largest absolute Gasteiger partial charge is 0.468 e. The molecule has 5 heteroatoms. The molecule has 0 amide bonds. The van der Waals surface area contributed by atoms with Crippen LogP contribution in [0.4, 0.5) is 0 Å². The summed E-state index contributed by atoms with van der Waals surface area (Å²) < 4.78 is 9.46. The summed E-state index contributed by atoms with van der Waals surface area (Å²) in [4.78, 5) is 24.6. The summed E-state index contributed by atoms with van der Waals surface area (Å²) in [5.41, 5.74) is -1.37. The number of carbonyl (C=O) groups is 2. The molecule has 1 aliphatic rings.